The molecule has 0 spiro atoms. The number of hydrogen-bond donors (Lipinski definition) is 3. The topological polar surface area (TPSA) is 199 Å². The minimum atomic E-state index is -1.73. The summed E-state index contributed by atoms with van der Waals surface area (Å²) < 4.78 is 110. The van der Waals surface area contributed by atoms with Crippen LogP contribution in [0.5, 0.6) is 86.2 Å². The van der Waals surface area contributed by atoms with Gasteiger partial charge in [0.15, 0.2) is 46.7 Å². The normalized spacial score (nSPS) is 16.3. The third kappa shape index (κ3) is 23.4. The molecule has 0 aromatic heterocycles. The highest BCUT2D eigenvalue weighted by atomic mass is 16.6. The minimum Gasteiger partial charge on any atom is -0.489 e. The predicted octanol–water partition coefficient (Wildman–Crippen LogP) is 26.9. The third-order valence-corrected chi connectivity index (χ3v) is 26.5. The molecular formula is C129H110O18. The SMILES string of the molecule is O[C@H]1[C@H](c2c(OCc3ccccc3)cc(OCc3ccccc3)c3c2O[C@H](c2ccc(OCc4ccccc4)c(OCc4ccccc4)c2)[C@@H](O)C3)c2c(OCc3ccccc3)cc(OCc3ccccc3)c([C@@H]3c4c(OCc5ccccc5)cc(OCc5ccccc5)cc4O[C@H](c4ccc(OCc5ccccc5)c(OCc5ccccc5)c4)[C@H]3O)c2O[C@@H]1c1ccc(OCc2ccccc2)c(OCc2ccccc2)c1. The largest absolute Gasteiger partial charge is 0.489 e. The molecule has 3 heterocycles. The first kappa shape index (κ1) is 96.0. The molecular weight excluding hydrogens is 1840 g/mol. The van der Waals surface area contributed by atoms with Crippen LogP contribution in [0.1, 0.15) is 141 Å². The van der Waals surface area contributed by atoms with E-state index in [1.165, 1.54) is 0 Å². The molecule has 0 unspecified atom stereocenters. The molecule has 734 valence electrons. The van der Waals surface area contributed by atoms with Crippen molar-refractivity contribution in [3.63, 3.8) is 0 Å². The molecule has 0 aliphatic carbocycles. The van der Waals surface area contributed by atoms with Crippen LogP contribution in [0, 0.1) is 0 Å². The molecule has 3 N–H and O–H groups in total. The fraction of sp³-hybridized carbons (Fsp3) is 0.163. The van der Waals surface area contributed by atoms with Gasteiger partial charge >= 0.3 is 0 Å². The summed E-state index contributed by atoms with van der Waals surface area (Å²) in [7, 11) is 0. The molecule has 0 radical (unpaired) electrons. The van der Waals surface area contributed by atoms with E-state index in [1.807, 2.05) is 443 Å². The maximum atomic E-state index is 15.5. The minimum absolute atomic E-state index is 0.0191. The molecule has 3 aliphatic rings. The van der Waals surface area contributed by atoms with Gasteiger partial charge in [0.2, 0.25) is 0 Å². The maximum Gasteiger partial charge on any atom is 0.162 e. The zero-order valence-corrected chi connectivity index (χ0v) is 80.9. The first-order valence-corrected chi connectivity index (χ1v) is 49.7. The Balaban J connectivity index is 0.843. The van der Waals surface area contributed by atoms with E-state index in [-0.39, 0.29) is 137 Å². The van der Waals surface area contributed by atoms with Crippen molar-refractivity contribution < 1.29 is 86.4 Å². The highest BCUT2D eigenvalue weighted by Crippen LogP contribution is 2.64. The van der Waals surface area contributed by atoms with Gasteiger partial charge in [-0.3, -0.25) is 0 Å². The molecule has 0 bridgehead atoms. The van der Waals surface area contributed by atoms with Gasteiger partial charge in [-0.1, -0.05) is 382 Å². The molecule has 0 fully saturated rings. The van der Waals surface area contributed by atoms with E-state index >= 15 is 10.2 Å². The Morgan fingerprint density at radius 3 is 0.714 bits per heavy atom. The second-order valence-electron chi connectivity index (χ2n) is 36.7. The van der Waals surface area contributed by atoms with Crippen LogP contribution in [0.2, 0.25) is 0 Å². The van der Waals surface area contributed by atoms with Gasteiger partial charge in [-0.15, -0.1) is 0 Å². The average Bonchev–Trinajstić information content (AvgIpc) is 0.704. The van der Waals surface area contributed by atoms with Crippen LogP contribution in [0.3, 0.4) is 0 Å². The number of aliphatic hydroxyl groups excluding tert-OH is 3. The van der Waals surface area contributed by atoms with Gasteiger partial charge in [0, 0.05) is 58.5 Å². The molecule has 18 heteroatoms. The number of ether oxygens (including phenoxy) is 15. The molecule has 0 amide bonds. The Kier molecular flexibility index (Phi) is 30.4. The smallest absolute Gasteiger partial charge is 0.162 e. The Morgan fingerprint density at radius 2 is 0.415 bits per heavy atom. The Bertz CT molecular complexity index is 7360. The van der Waals surface area contributed by atoms with Crippen molar-refractivity contribution in [2.45, 2.75) is 134 Å². The number of benzene rings is 18. The molecule has 18 nitrogen and oxygen atoms in total. The van der Waals surface area contributed by atoms with Crippen molar-refractivity contribution in [1.82, 2.24) is 0 Å². The second-order valence-corrected chi connectivity index (χ2v) is 36.7. The highest BCUT2D eigenvalue weighted by molar-refractivity contribution is 5.72. The maximum absolute atomic E-state index is 15.5. The zero-order valence-electron chi connectivity index (χ0n) is 80.9. The molecule has 21 rings (SSSR count). The van der Waals surface area contributed by atoms with Crippen LogP contribution in [0.25, 0.3) is 0 Å². The molecule has 147 heavy (non-hydrogen) atoms. The summed E-state index contributed by atoms with van der Waals surface area (Å²) in [6.45, 7) is 1.22. The van der Waals surface area contributed by atoms with Gasteiger partial charge < -0.3 is 86.4 Å². The van der Waals surface area contributed by atoms with Crippen molar-refractivity contribution in [3.05, 3.63) is 554 Å². The number of fused-ring (bicyclic) bond motifs is 3. The summed E-state index contributed by atoms with van der Waals surface area (Å²) in [5.74, 6) is 1.78. The van der Waals surface area contributed by atoms with Crippen molar-refractivity contribution >= 4 is 0 Å². The second kappa shape index (κ2) is 46.5. The van der Waals surface area contributed by atoms with Crippen LogP contribution < -0.4 is 71.1 Å². The van der Waals surface area contributed by atoms with E-state index < -0.39 is 48.5 Å². The standard InChI is InChI=1S/C129H110O18/c130-104-72-103-108(137-79-91-45-21-5-22-46-91)73-113(142-84-96-55-31-10-32-56-96)118(128(103)146-125(104)99-61-64-105(134-76-88-39-15-2-16-40-88)109(67-99)138-80-92-47-23-6-24-48-92)122-120-115(144-86-98-59-35-12-36-60-98)74-114(143-85-97-57-33-11-34-58-97)119(129(120)147-127(124(122)132)101-63-66-107(136-78-90-43-19-4-20-44-90)111(69-101)140-82-94-51-27-8-28-52-94)121-117-112(141-83-95-53-29-9-30-54-95)70-102(133-75-87-37-13-1-14-38-87)71-116(117)145-126(123(121)131)100-62-65-106(135-77-89-41-17-3-18-42-89)110(68-100)139-81-93-49-25-7-26-50-93/h1-71,73-74,104,121-127,130-132H,72,75-86H2/t104-,121-,122+,123-,124-,125+,126+,127+/m0/s1. The van der Waals surface area contributed by atoms with Crippen LogP contribution in [0.15, 0.2) is 443 Å². The van der Waals surface area contributed by atoms with E-state index in [4.69, 9.17) is 71.1 Å². The Morgan fingerprint density at radius 1 is 0.190 bits per heavy atom. The lowest BCUT2D eigenvalue weighted by molar-refractivity contribution is -0.00630. The summed E-state index contributed by atoms with van der Waals surface area (Å²) in [5.41, 5.74) is 13.6. The first-order valence-electron chi connectivity index (χ1n) is 49.7. The van der Waals surface area contributed by atoms with Gasteiger partial charge in [0.25, 0.3) is 0 Å². The lowest BCUT2D eigenvalue weighted by Gasteiger charge is -2.44. The van der Waals surface area contributed by atoms with Crippen LogP contribution in [-0.2, 0) is 85.7 Å². The van der Waals surface area contributed by atoms with E-state index in [0.717, 1.165) is 66.8 Å². The highest BCUT2D eigenvalue weighted by Gasteiger charge is 2.52. The fourth-order valence-corrected chi connectivity index (χ4v) is 19.0. The van der Waals surface area contributed by atoms with E-state index in [0.29, 0.717) is 79.4 Å². The van der Waals surface area contributed by atoms with Crippen molar-refractivity contribution in [2.24, 2.45) is 0 Å². The first-order chi connectivity index (χ1) is 72.6. The quantitative estimate of drug-likeness (QED) is 0.0326. The molecule has 3 aliphatic heterocycles. The van der Waals surface area contributed by atoms with Gasteiger partial charge in [-0.2, -0.15) is 0 Å². The summed E-state index contributed by atoms with van der Waals surface area (Å²) in [5, 5.41) is 44.3. The third-order valence-electron chi connectivity index (χ3n) is 26.5. The average molecular weight is 1950 g/mol. The fourth-order valence-electron chi connectivity index (χ4n) is 19.0. The van der Waals surface area contributed by atoms with Crippen LogP contribution in [-0.4, -0.2) is 33.6 Å². The predicted molar refractivity (Wildman–Crippen MR) is 563 cm³/mol. The zero-order chi connectivity index (χ0) is 99.2. The molecule has 0 saturated heterocycles. The number of aliphatic hydroxyl groups is 3. The van der Waals surface area contributed by atoms with Crippen LogP contribution in [0.4, 0.5) is 0 Å². The monoisotopic (exact) mass is 1950 g/mol. The number of hydrogen-bond acceptors (Lipinski definition) is 18. The van der Waals surface area contributed by atoms with Crippen molar-refractivity contribution in [2.75, 3.05) is 0 Å². The summed E-state index contributed by atoms with van der Waals surface area (Å²) in [4.78, 5) is 0. The summed E-state index contributed by atoms with van der Waals surface area (Å²) >= 11 is 0. The van der Waals surface area contributed by atoms with E-state index in [1.54, 1.807) is 0 Å². The lowest BCUT2D eigenvalue weighted by atomic mass is 9.73. The summed E-state index contributed by atoms with van der Waals surface area (Å²) in [6.07, 6.45) is -8.73. The number of rotatable bonds is 41. The van der Waals surface area contributed by atoms with Gasteiger partial charge in [0.05, 0.1) is 17.9 Å². The molecule has 18 aromatic rings. The van der Waals surface area contributed by atoms with Gasteiger partial charge in [-0.05, 0) is 120 Å². The van der Waals surface area contributed by atoms with E-state index in [9.17, 15) is 5.11 Å². The Hall–Kier alpha value is -17.2. The van der Waals surface area contributed by atoms with Crippen molar-refractivity contribution in [3.8, 4) is 86.2 Å². The molecule has 0 saturated carbocycles. The van der Waals surface area contributed by atoms with Crippen molar-refractivity contribution in [1.29, 1.82) is 0 Å². The molecule has 18 aromatic carbocycles. The van der Waals surface area contributed by atoms with Gasteiger partial charge in [-0.25, -0.2) is 0 Å². The van der Waals surface area contributed by atoms with Crippen LogP contribution >= 0.6 is 0 Å². The van der Waals surface area contributed by atoms with E-state index in [2.05, 4.69) is 0 Å². The Labute approximate surface area is 855 Å². The summed E-state index contributed by atoms with van der Waals surface area (Å²) in [6, 6.07) is 143. The molecule has 8 atom stereocenters. The van der Waals surface area contributed by atoms with Gasteiger partial charge in [0.1, 0.15) is 149 Å². The lowest BCUT2D eigenvalue weighted by Crippen LogP contribution is -2.39.